The molecule has 0 aromatic carbocycles. The van der Waals surface area contributed by atoms with Crippen LogP contribution in [-0.4, -0.2) is 79.5 Å². The second-order valence-electron chi connectivity index (χ2n) is 14.9. The zero-order valence-electron chi connectivity index (χ0n) is 28.1. The number of esters is 1. The number of halogens is 1. The van der Waals surface area contributed by atoms with Gasteiger partial charge < -0.3 is 24.2 Å². The van der Waals surface area contributed by atoms with E-state index >= 15 is 4.39 Å². The number of aliphatic hydroxyl groups is 1. The predicted molar refractivity (Wildman–Crippen MR) is 166 cm³/mol. The molecule has 0 spiro atoms. The lowest BCUT2D eigenvalue weighted by atomic mass is 9.52. The van der Waals surface area contributed by atoms with Crippen molar-refractivity contribution in [2.24, 2.45) is 17.8 Å². The van der Waals surface area contributed by atoms with Crippen molar-refractivity contribution in [3.05, 3.63) is 23.3 Å². The van der Waals surface area contributed by atoms with E-state index in [2.05, 4.69) is 15.1 Å². The Hall–Kier alpha value is -3.81. The van der Waals surface area contributed by atoms with Gasteiger partial charge in [-0.2, -0.15) is 9.67 Å². The topological polar surface area (TPSA) is 149 Å². The molecule has 6 rings (SSSR count). The van der Waals surface area contributed by atoms with Crippen molar-refractivity contribution in [2.75, 3.05) is 23.5 Å². The number of carbonyl (C=O) groups is 3. The van der Waals surface area contributed by atoms with E-state index in [9.17, 15) is 19.5 Å². The van der Waals surface area contributed by atoms with Crippen molar-refractivity contribution in [1.29, 1.82) is 0 Å². The Bertz CT molecular complexity index is 1510. The van der Waals surface area contributed by atoms with Crippen molar-refractivity contribution in [1.82, 2.24) is 19.7 Å². The van der Waals surface area contributed by atoms with Gasteiger partial charge in [-0.05, 0) is 105 Å². The number of hydrogen-bond acceptors (Lipinski definition) is 11. The number of carbonyl (C=O) groups excluding carboxylic acids is 3. The van der Waals surface area contributed by atoms with E-state index in [1.54, 1.807) is 62.4 Å². The molecule has 2 aromatic rings. The minimum atomic E-state index is -1.22. The molecule has 4 saturated carbocycles. The number of amides is 1. The van der Waals surface area contributed by atoms with Gasteiger partial charge in [-0.25, -0.2) is 28.7 Å². The first-order chi connectivity index (χ1) is 21.3. The molecular formula is C32H45FN6O7. The molecule has 4 aliphatic carbocycles. The average Bonchev–Trinajstić information content (AvgIpc) is 3.27. The van der Waals surface area contributed by atoms with Crippen molar-refractivity contribution < 1.29 is 38.1 Å². The highest BCUT2D eigenvalue weighted by Gasteiger charge is 2.56. The summed E-state index contributed by atoms with van der Waals surface area (Å²) in [6.07, 6.45) is 2.12. The van der Waals surface area contributed by atoms with Crippen LogP contribution in [0.25, 0.3) is 0 Å². The molecule has 0 aliphatic heterocycles. The van der Waals surface area contributed by atoms with E-state index in [-0.39, 0.29) is 36.3 Å². The average molecular weight is 645 g/mol. The van der Waals surface area contributed by atoms with Gasteiger partial charge in [0, 0.05) is 19.2 Å². The van der Waals surface area contributed by atoms with Gasteiger partial charge in [-0.1, -0.05) is 0 Å². The minimum absolute atomic E-state index is 0.000715. The summed E-state index contributed by atoms with van der Waals surface area (Å²) in [5.41, 5.74) is -2.89. The minimum Gasteiger partial charge on any atom is -0.461 e. The van der Waals surface area contributed by atoms with E-state index in [0.29, 0.717) is 24.5 Å². The second-order valence-corrected chi connectivity index (χ2v) is 14.9. The van der Waals surface area contributed by atoms with Gasteiger partial charge in [0.2, 0.25) is 5.95 Å². The van der Waals surface area contributed by atoms with Gasteiger partial charge in [0.1, 0.15) is 11.2 Å². The lowest BCUT2D eigenvalue weighted by molar-refractivity contribution is -0.133. The molecule has 2 heterocycles. The number of rotatable bonds is 6. The van der Waals surface area contributed by atoms with E-state index in [1.807, 2.05) is 4.90 Å². The van der Waals surface area contributed by atoms with Gasteiger partial charge in [0.25, 0.3) is 0 Å². The maximum atomic E-state index is 16.4. The Morgan fingerprint density at radius 3 is 2.20 bits per heavy atom. The monoisotopic (exact) mass is 644 g/mol. The molecular weight excluding hydrogens is 599 g/mol. The molecule has 2 atom stereocenters. The summed E-state index contributed by atoms with van der Waals surface area (Å²) < 4.78 is 33.6. The molecule has 4 aliphatic rings. The number of anilines is 3. The summed E-state index contributed by atoms with van der Waals surface area (Å²) in [5.74, 6) is -2.28. The number of hydrogen-bond donors (Lipinski definition) is 1. The summed E-state index contributed by atoms with van der Waals surface area (Å²) in [7, 11) is 1.78. The van der Waals surface area contributed by atoms with Crippen LogP contribution in [0.3, 0.4) is 0 Å². The third kappa shape index (κ3) is 6.67. The number of ether oxygens (including phenoxy) is 3. The standard InChI is InChI=1S/C32H45FN6O7/c1-10-44-26(40)23-22(33)25(35-27(34-23)37(9)24-19-12-18-13-20(24)16-32(43,14-18)15-19)38(28(41)45-30(3,4)5)21-11-17(2)39(36-21)29(42)46-31(6,7)8/h11,18-20,24,43H,10,12-16H2,1-9H3. The molecule has 13 nitrogen and oxygen atoms in total. The zero-order chi connectivity index (χ0) is 33.9. The fourth-order valence-electron chi connectivity index (χ4n) is 7.44. The highest BCUT2D eigenvalue weighted by molar-refractivity contribution is 5.97. The van der Waals surface area contributed by atoms with Crippen LogP contribution in [0.15, 0.2) is 6.07 Å². The maximum absolute atomic E-state index is 16.4. The van der Waals surface area contributed by atoms with Crippen molar-refractivity contribution >= 4 is 35.7 Å². The van der Waals surface area contributed by atoms with Crippen LogP contribution >= 0.6 is 0 Å². The quantitative estimate of drug-likeness (QED) is 0.312. The fourth-order valence-corrected chi connectivity index (χ4v) is 7.44. The van der Waals surface area contributed by atoms with Crippen molar-refractivity contribution in [3.63, 3.8) is 0 Å². The van der Waals surface area contributed by atoms with Crippen LogP contribution in [-0.2, 0) is 14.2 Å². The Morgan fingerprint density at radius 2 is 1.65 bits per heavy atom. The van der Waals surface area contributed by atoms with E-state index in [4.69, 9.17) is 14.2 Å². The van der Waals surface area contributed by atoms with E-state index in [1.165, 1.54) is 6.07 Å². The Kier molecular flexibility index (Phi) is 8.58. The molecule has 1 amide bonds. The first-order valence-corrected chi connectivity index (χ1v) is 15.8. The number of aromatic nitrogens is 4. The van der Waals surface area contributed by atoms with E-state index < -0.39 is 52.3 Å². The molecule has 1 N–H and O–H groups in total. The Labute approximate surface area is 268 Å². The molecule has 4 bridgehead atoms. The third-order valence-corrected chi connectivity index (χ3v) is 8.70. The number of nitrogens with zero attached hydrogens (tertiary/aromatic N) is 6. The summed E-state index contributed by atoms with van der Waals surface area (Å²) in [6.45, 7) is 13.2. The first kappa shape index (κ1) is 33.6. The van der Waals surface area contributed by atoms with Gasteiger partial charge >= 0.3 is 18.2 Å². The summed E-state index contributed by atoms with van der Waals surface area (Å²) in [5, 5.41) is 15.4. The highest BCUT2D eigenvalue weighted by Crippen LogP contribution is 2.57. The molecule has 46 heavy (non-hydrogen) atoms. The van der Waals surface area contributed by atoms with Crippen LogP contribution in [0.1, 0.15) is 96.8 Å². The van der Waals surface area contributed by atoms with Gasteiger partial charge in [0.15, 0.2) is 23.1 Å². The fraction of sp³-hybridized carbons (Fsp3) is 0.688. The van der Waals surface area contributed by atoms with Crippen LogP contribution in [0, 0.1) is 30.5 Å². The van der Waals surface area contributed by atoms with Gasteiger partial charge in [-0.3, -0.25) is 0 Å². The molecule has 2 aromatic heterocycles. The SMILES string of the molecule is CCOC(=O)c1nc(N(C)C2C3CC4CC2CC(O)(C4)C3)nc(N(C(=O)OC(C)(C)C)c2cc(C)n(C(=O)OC(C)(C)C)n2)c1F. The Morgan fingerprint density at radius 1 is 1.04 bits per heavy atom. The van der Waals surface area contributed by atoms with Crippen molar-refractivity contribution in [2.45, 2.75) is 110 Å². The van der Waals surface area contributed by atoms with Crippen LogP contribution in [0.4, 0.5) is 31.6 Å². The largest absolute Gasteiger partial charge is 0.461 e. The summed E-state index contributed by atoms with van der Waals surface area (Å²) in [4.78, 5) is 51.3. The smallest absolute Gasteiger partial charge is 0.435 e. The highest BCUT2D eigenvalue weighted by atomic mass is 19.1. The third-order valence-electron chi connectivity index (χ3n) is 8.70. The molecule has 0 saturated heterocycles. The predicted octanol–water partition coefficient (Wildman–Crippen LogP) is 5.53. The normalized spacial score (nSPS) is 25.3. The van der Waals surface area contributed by atoms with Gasteiger partial charge in [-0.15, -0.1) is 5.10 Å². The molecule has 252 valence electrons. The van der Waals surface area contributed by atoms with Crippen molar-refractivity contribution in [3.8, 4) is 0 Å². The number of aryl methyl sites for hydroxylation is 1. The van der Waals surface area contributed by atoms with E-state index in [0.717, 1.165) is 28.8 Å². The van der Waals surface area contributed by atoms with Crippen LogP contribution < -0.4 is 9.80 Å². The Balaban J connectivity index is 1.63. The lowest BCUT2D eigenvalue weighted by Gasteiger charge is -2.59. The summed E-state index contributed by atoms with van der Waals surface area (Å²) >= 11 is 0. The van der Waals surface area contributed by atoms with Crippen LogP contribution in [0.2, 0.25) is 0 Å². The maximum Gasteiger partial charge on any atom is 0.435 e. The molecule has 4 fully saturated rings. The van der Waals surface area contributed by atoms with Gasteiger partial charge in [0.05, 0.1) is 17.9 Å². The molecule has 2 unspecified atom stereocenters. The lowest BCUT2D eigenvalue weighted by Crippen LogP contribution is -2.61. The molecule has 0 radical (unpaired) electrons. The first-order valence-electron chi connectivity index (χ1n) is 15.8. The zero-order valence-corrected chi connectivity index (χ0v) is 28.1. The summed E-state index contributed by atoms with van der Waals surface area (Å²) in [6, 6.07) is 1.31. The molecule has 14 heteroatoms. The van der Waals surface area contributed by atoms with Crippen LogP contribution in [0.5, 0.6) is 0 Å². The second kappa shape index (κ2) is 11.8.